The van der Waals surface area contributed by atoms with Gasteiger partial charge in [-0.3, -0.25) is 9.88 Å². The van der Waals surface area contributed by atoms with Crippen LogP contribution >= 0.6 is 0 Å². The van der Waals surface area contributed by atoms with E-state index in [0.29, 0.717) is 11.9 Å². The summed E-state index contributed by atoms with van der Waals surface area (Å²) >= 11 is 0. The number of nitrogen functional groups attached to an aromatic ring is 1. The van der Waals surface area contributed by atoms with Crippen molar-refractivity contribution in [3.05, 3.63) is 54.0 Å². The number of hydrogen-bond acceptors (Lipinski definition) is 5. The number of nitrogens with zero attached hydrogens (tertiary/aromatic N) is 3. The van der Waals surface area contributed by atoms with Gasteiger partial charge in [0.2, 0.25) is 0 Å². The summed E-state index contributed by atoms with van der Waals surface area (Å²) in [6, 6.07) is 11.1. The molecular weight excluding hydrogens is 262 g/mol. The molecule has 3 N–H and O–H groups in total. The number of aromatic nitrogens is 2. The molecule has 1 unspecified atom stereocenters. The lowest BCUT2D eigenvalue weighted by molar-refractivity contribution is 0.319. The van der Waals surface area contributed by atoms with Crippen LogP contribution in [0.1, 0.15) is 17.7 Å². The Hall–Kier alpha value is -1.98. The zero-order valence-electron chi connectivity index (χ0n) is 12.1. The number of anilines is 1. The number of benzene rings is 1. The van der Waals surface area contributed by atoms with Crippen molar-refractivity contribution < 1.29 is 0 Å². The van der Waals surface area contributed by atoms with Crippen molar-refractivity contribution >= 4 is 5.82 Å². The fourth-order valence-electron chi connectivity index (χ4n) is 2.69. The molecule has 5 nitrogen and oxygen atoms in total. The van der Waals surface area contributed by atoms with E-state index in [1.165, 1.54) is 12.0 Å². The Morgan fingerprint density at radius 3 is 2.81 bits per heavy atom. The fraction of sp³-hybridized carbons (Fsp3) is 0.375. The highest BCUT2D eigenvalue weighted by Gasteiger charge is 2.21. The van der Waals surface area contributed by atoms with Gasteiger partial charge in [-0.25, -0.2) is 4.98 Å². The lowest BCUT2D eigenvalue weighted by Gasteiger charge is -2.16. The first-order valence-corrected chi connectivity index (χ1v) is 7.35. The largest absolute Gasteiger partial charge is 0.382 e. The van der Waals surface area contributed by atoms with Gasteiger partial charge in [-0.1, -0.05) is 30.3 Å². The van der Waals surface area contributed by atoms with Crippen molar-refractivity contribution in [2.75, 3.05) is 18.8 Å². The molecule has 1 aromatic heterocycles. The lowest BCUT2D eigenvalue weighted by atomic mass is 10.2. The highest BCUT2D eigenvalue weighted by atomic mass is 15.2. The summed E-state index contributed by atoms with van der Waals surface area (Å²) in [6.45, 7) is 4.00. The molecule has 0 aliphatic carbocycles. The van der Waals surface area contributed by atoms with Crippen molar-refractivity contribution in [3.63, 3.8) is 0 Å². The zero-order chi connectivity index (χ0) is 14.5. The Labute approximate surface area is 125 Å². The third-order valence-electron chi connectivity index (χ3n) is 3.82. The summed E-state index contributed by atoms with van der Waals surface area (Å²) in [6.07, 6.45) is 4.52. The van der Waals surface area contributed by atoms with Gasteiger partial charge in [0.25, 0.3) is 0 Å². The molecule has 0 saturated carbocycles. The quantitative estimate of drug-likeness (QED) is 0.869. The first-order valence-electron chi connectivity index (χ1n) is 7.35. The molecule has 1 aliphatic heterocycles. The highest BCUT2D eigenvalue weighted by molar-refractivity contribution is 5.22. The second-order valence-corrected chi connectivity index (χ2v) is 5.52. The molecule has 3 rings (SSSR count). The maximum atomic E-state index is 5.54. The lowest BCUT2D eigenvalue weighted by Crippen LogP contribution is -2.32. The van der Waals surface area contributed by atoms with E-state index in [1.807, 2.05) is 0 Å². The number of rotatable bonds is 5. The summed E-state index contributed by atoms with van der Waals surface area (Å²) in [5.41, 5.74) is 7.85. The van der Waals surface area contributed by atoms with E-state index in [0.717, 1.165) is 31.9 Å². The second kappa shape index (κ2) is 6.65. The molecule has 1 atom stereocenters. The first kappa shape index (κ1) is 14.0. The maximum Gasteiger partial charge on any atom is 0.141 e. The minimum Gasteiger partial charge on any atom is -0.382 e. The Bertz CT molecular complexity index is 555. The topological polar surface area (TPSA) is 67.1 Å². The molecule has 0 spiro atoms. The molecule has 21 heavy (non-hydrogen) atoms. The van der Waals surface area contributed by atoms with Gasteiger partial charge in [0.1, 0.15) is 5.82 Å². The molecule has 1 saturated heterocycles. The van der Waals surface area contributed by atoms with Crippen LogP contribution in [-0.4, -0.2) is 34.0 Å². The predicted octanol–water partition coefficient (Wildman–Crippen LogP) is 1.42. The fourth-order valence-corrected chi connectivity index (χ4v) is 2.69. The standard InChI is InChI=1S/C16H21N5/c17-16-10-19-15(9-20-16)8-18-14-6-7-21(12-14)11-13-4-2-1-3-5-13/h1-5,9-10,14,18H,6-8,11-12H2,(H2,17,20). The smallest absolute Gasteiger partial charge is 0.141 e. The minimum absolute atomic E-state index is 0.466. The number of hydrogen-bond donors (Lipinski definition) is 2. The van der Waals surface area contributed by atoms with Crippen LogP contribution in [0.25, 0.3) is 0 Å². The Morgan fingerprint density at radius 1 is 1.19 bits per heavy atom. The van der Waals surface area contributed by atoms with Crippen molar-refractivity contribution in [1.29, 1.82) is 0 Å². The average molecular weight is 283 g/mol. The molecule has 2 aromatic rings. The summed E-state index contributed by atoms with van der Waals surface area (Å²) in [5.74, 6) is 0.466. The van der Waals surface area contributed by atoms with Crippen LogP contribution in [0.3, 0.4) is 0 Å². The molecule has 0 radical (unpaired) electrons. The van der Waals surface area contributed by atoms with Crippen LogP contribution in [0.5, 0.6) is 0 Å². The summed E-state index contributed by atoms with van der Waals surface area (Å²) in [7, 11) is 0. The van der Waals surface area contributed by atoms with E-state index in [2.05, 4.69) is 50.5 Å². The van der Waals surface area contributed by atoms with Crippen LogP contribution in [0.4, 0.5) is 5.82 Å². The predicted molar refractivity (Wildman–Crippen MR) is 83.4 cm³/mol. The van der Waals surface area contributed by atoms with Crippen LogP contribution in [0.2, 0.25) is 0 Å². The highest BCUT2D eigenvalue weighted by Crippen LogP contribution is 2.13. The first-order chi connectivity index (χ1) is 10.3. The van der Waals surface area contributed by atoms with Crippen molar-refractivity contribution in [2.45, 2.75) is 25.6 Å². The minimum atomic E-state index is 0.466. The van der Waals surface area contributed by atoms with Crippen LogP contribution in [-0.2, 0) is 13.1 Å². The van der Waals surface area contributed by atoms with Crippen LogP contribution in [0, 0.1) is 0 Å². The molecular formula is C16H21N5. The third kappa shape index (κ3) is 4.00. The molecule has 1 aromatic carbocycles. The van der Waals surface area contributed by atoms with Gasteiger partial charge >= 0.3 is 0 Å². The van der Waals surface area contributed by atoms with E-state index in [-0.39, 0.29) is 0 Å². The van der Waals surface area contributed by atoms with Crippen molar-refractivity contribution in [3.8, 4) is 0 Å². The molecule has 1 fully saturated rings. The Kier molecular flexibility index (Phi) is 4.43. The van der Waals surface area contributed by atoms with Gasteiger partial charge in [-0.2, -0.15) is 0 Å². The maximum absolute atomic E-state index is 5.54. The monoisotopic (exact) mass is 283 g/mol. The van der Waals surface area contributed by atoms with Gasteiger partial charge in [0, 0.05) is 32.2 Å². The van der Waals surface area contributed by atoms with Crippen LogP contribution in [0.15, 0.2) is 42.7 Å². The molecule has 5 heteroatoms. The molecule has 0 bridgehead atoms. The number of nitrogens with two attached hydrogens (primary N) is 1. The van der Waals surface area contributed by atoms with Gasteiger partial charge in [-0.15, -0.1) is 0 Å². The molecule has 0 amide bonds. The summed E-state index contributed by atoms with van der Waals surface area (Å²) in [5, 5.41) is 3.55. The second-order valence-electron chi connectivity index (χ2n) is 5.52. The zero-order valence-corrected chi connectivity index (χ0v) is 12.1. The summed E-state index contributed by atoms with van der Waals surface area (Å²) in [4.78, 5) is 10.8. The van der Waals surface area contributed by atoms with Gasteiger partial charge in [-0.05, 0) is 12.0 Å². The number of likely N-dealkylation sites (tertiary alicyclic amines) is 1. The van der Waals surface area contributed by atoms with Crippen LogP contribution < -0.4 is 11.1 Å². The summed E-state index contributed by atoms with van der Waals surface area (Å²) < 4.78 is 0. The SMILES string of the molecule is Nc1cnc(CNC2CCN(Cc3ccccc3)C2)cn1. The Morgan fingerprint density at radius 2 is 2.05 bits per heavy atom. The van der Waals surface area contributed by atoms with E-state index >= 15 is 0 Å². The van der Waals surface area contributed by atoms with Crippen molar-refractivity contribution in [1.82, 2.24) is 20.2 Å². The van der Waals surface area contributed by atoms with E-state index in [4.69, 9.17) is 5.73 Å². The van der Waals surface area contributed by atoms with Crippen molar-refractivity contribution in [2.24, 2.45) is 0 Å². The van der Waals surface area contributed by atoms with E-state index < -0.39 is 0 Å². The molecule has 1 aliphatic rings. The van der Waals surface area contributed by atoms with Gasteiger partial charge < -0.3 is 11.1 Å². The molecule has 2 heterocycles. The number of nitrogens with one attached hydrogen (secondary N) is 1. The average Bonchev–Trinajstić information content (AvgIpc) is 2.95. The molecule has 110 valence electrons. The van der Waals surface area contributed by atoms with E-state index in [9.17, 15) is 0 Å². The Balaban J connectivity index is 1.45. The van der Waals surface area contributed by atoms with Gasteiger partial charge in [0.15, 0.2) is 0 Å². The third-order valence-corrected chi connectivity index (χ3v) is 3.82. The van der Waals surface area contributed by atoms with Gasteiger partial charge in [0.05, 0.1) is 18.1 Å². The normalized spacial score (nSPS) is 19.0. The van der Waals surface area contributed by atoms with E-state index in [1.54, 1.807) is 12.4 Å².